The first-order valence-electron chi connectivity index (χ1n) is 8.63. The molecule has 4 rings (SSSR count). The van der Waals surface area contributed by atoms with Crippen LogP contribution in [0, 0.1) is 6.92 Å². The summed E-state index contributed by atoms with van der Waals surface area (Å²) < 4.78 is 0. The van der Waals surface area contributed by atoms with E-state index in [9.17, 15) is 9.59 Å². The molecule has 2 aromatic heterocycles. The maximum absolute atomic E-state index is 12.7. The van der Waals surface area contributed by atoms with Gasteiger partial charge in [-0.05, 0) is 36.2 Å². The number of amides is 1. The second kappa shape index (κ2) is 6.94. The second-order valence-electron chi connectivity index (χ2n) is 6.51. The number of carbonyl (C=O) groups excluding carboxylic acids is 1. The highest BCUT2D eigenvalue weighted by atomic mass is 35.5. The molecule has 0 atom stereocenters. The molecule has 0 aliphatic rings. The number of pyridine rings is 2. The molecule has 0 radical (unpaired) electrons. The van der Waals surface area contributed by atoms with Gasteiger partial charge in [0, 0.05) is 28.4 Å². The Morgan fingerprint density at radius 2 is 1.82 bits per heavy atom. The van der Waals surface area contributed by atoms with Crippen molar-refractivity contribution in [2.75, 3.05) is 0 Å². The number of aromatic amines is 1. The first-order valence-corrected chi connectivity index (χ1v) is 9.01. The van der Waals surface area contributed by atoms with E-state index >= 15 is 0 Å². The second-order valence-corrected chi connectivity index (χ2v) is 6.91. The Balaban J connectivity index is 1.90. The highest BCUT2D eigenvalue weighted by Gasteiger charge is 2.15. The van der Waals surface area contributed by atoms with E-state index in [2.05, 4.69) is 9.97 Å². The monoisotopic (exact) mass is 389 g/mol. The van der Waals surface area contributed by atoms with E-state index in [1.807, 2.05) is 49.4 Å². The number of fused-ring (bicyclic) bond motifs is 1. The maximum atomic E-state index is 12.7. The molecule has 3 N–H and O–H groups in total. The van der Waals surface area contributed by atoms with Gasteiger partial charge in [0.15, 0.2) is 5.43 Å². The summed E-state index contributed by atoms with van der Waals surface area (Å²) in [4.78, 5) is 31.4. The molecule has 1 amide bonds. The van der Waals surface area contributed by atoms with Gasteiger partial charge in [0.05, 0.1) is 16.6 Å². The summed E-state index contributed by atoms with van der Waals surface area (Å²) in [5.74, 6) is -0.740. The number of nitrogens with one attached hydrogen (secondary N) is 1. The quantitative estimate of drug-likeness (QED) is 0.547. The number of rotatable bonds is 3. The number of hydrogen-bond donors (Lipinski definition) is 2. The van der Waals surface area contributed by atoms with Crippen LogP contribution >= 0.6 is 11.6 Å². The molecule has 2 aromatic carbocycles. The minimum atomic E-state index is -0.740. The van der Waals surface area contributed by atoms with Crippen molar-refractivity contribution < 1.29 is 4.79 Å². The van der Waals surface area contributed by atoms with Gasteiger partial charge in [-0.3, -0.25) is 14.6 Å². The van der Waals surface area contributed by atoms with Gasteiger partial charge in [0.25, 0.3) is 5.91 Å². The first-order chi connectivity index (χ1) is 13.5. The number of nitrogens with zero attached hydrogens (tertiary/aromatic N) is 1. The first kappa shape index (κ1) is 17.9. The zero-order valence-electron chi connectivity index (χ0n) is 15.0. The summed E-state index contributed by atoms with van der Waals surface area (Å²) in [5, 5.41) is 0.767. The van der Waals surface area contributed by atoms with Crippen LogP contribution in [0.4, 0.5) is 0 Å². The highest BCUT2D eigenvalue weighted by Crippen LogP contribution is 2.34. The number of aryl methyl sites for hydroxylation is 1. The Bertz CT molecular complexity index is 1280. The van der Waals surface area contributed by atoms with Crippen LogP contribution in [0.2, 0.25) is 5.02 Å². The lowest BCUT2D eigenvalue weighted by Crippen LogP contribution is -2.17. The molecule has 138 valence electrons. The average Bonchev–Trinajstić information content (AvgIpc) is 2.69. The number of aromatic nitrogens is 2. The van der Waals surface area contributed by atoms with E-state index in [1.54, 1.807) is 6.07 Å². The zero-order chi connectivity index (χ0) is 19.8. The number of nitrogens with two attached hydrogens (primary N) is 1. The van der Waals surface area contributed by atoms with Crippen molar-refractivity contribution in [3.8, 4) is 22.4 Å². The number of H-pyrrole nitrogens is 1. The molecule has 0 saturated carbocycles. The summed E-state index contributed by atoms with van der Waals surface area (Å²) >= 11 is 6.55. The van der Waals surface area contributed by atoms with Crippen LogP contribution in [0.1, 0.15) is 16.1 Å². The Kier molecular flexibility index (Phi) is 4.45. The summed E-state index contributed by atoms with van der Waals surface area (Å²) in [6.07, 6.45) is 1.44. The normalized spacial score (nSPS) is 10.9. The predicted octanol–water partition coefficient (Wildman–Crippen LogP) is 4.32. The molecule has 6 heteroatoms. The van der Waals surface area contributed by atoms with Crippen molar-refractivity contribution in [1.29, 1.82) is 0 Å². The molecule has 0 aliphatic carbocycles. The van der Waals surface area contributed by atoms with E-state index in [4.69, 9.17) is 17.3 Å². The van der Waals surface area contributed by atoms with Crippen molar-refractivity contribution in [3.63, 3.8) is 0 Å². The molecular weight excluding hydrogens is 374 g/mol. The largest absolute Gasteiger partial charge is 0.364 e. The van der Waals surface area contributed by atoms with E-state index < -0.39 is 5.91 Å². The maximum Gasteiger partial charge on any atom is 0.268 e. The number of primary amides is 1. The summed E-state index contributed by atoms with van der Waals surface area (Å²) in [6.45, 7) is 1.96. The average molecular weight is 390 g/mol. The summed E-state index contributed by atoms with van der Waals surface area (Å²) in [7, 11) is 0. The third-order valence-corrected chi connectivity index (χ3v) is 4.98. The fraction of sp³-hybridized carbons (Fsp3) is 0.0455. The topological polar surface area (TPSA) is 88.8 Å². The van der Waals surface area contributed by atoms with Gasteiger partial charge < -0.3 is 10.7 Å². The smallest absolute Gasteiger partial charge is 0.268 e. The van der Waals surface area contributed by atoms with Gasteiger partial charge in [-0.1, -0.05) is 41.9 Å². The lowest BCUT2D eigenvalue weighted by atomic mass is 9.97. The van der Waals surface area contributed by atoms with Crippen LogP contribution in [0.3, 0.4) is 0 Å². The van der Waals surface area contributed by atoms with Gasteiger partial charge in [0.1, 0.15) is 5.69 Å². The number of hydrogen-bond acceptors (Lipinski definition) is 3. The van der Waals surface area contributed by atoms with Gasteiger partial charge in [-0.25, -0.2) is 0 Å². The fourth-order valence-electron chi connectivity index (χ4n) is 3.34. The van der Waals surface area contributed by atoms with Crippen LogP contribution in [-0.4, -0.2) is 15.9 Å². The third kappa shape index (κ3) is 3.06. The van der Waals surface area contributed by atoms with Crippen LogP contribution in [0.5, 0.6) is 0 Å². The predicted molar refractivity (Wildman–Crippen MR) is 112 cm³/mol. The number of benzene rings is 2. The Morgan fingerprint density at radius 1 is 1.07 bits per heavy atom. The molecule has 0 aliphatic heterocycles. The van der Waals surface area contributed by atoms with Gasteiger partial charge in [0.2, 0.25) is 0 Å². The van der Waals surface area contributed by atoms with Crippen LogP contribution in [0.25, 0.3) is 33.3 Å². The molecule has 5 nitrogen and oxygen atoms in total. The lowest BCUT2D eigenvalue weighted by Gasteiger charge is -2.13. The standard InChI is InChI=1S/C22H16ClN3O2/c1-12-9-15(13-5-3-2-4-6-13)16(23)10-14(12)18-11-19(27)20-17(26-18)7-8-25-21(20)22(24)28/h2-11H,1H3,(H2,24,28)(H,26,27). The highest BCUT2D eigenvalue weighted by molar-refractivity contribution is 6.33. The minimum Gasteiger partial charge on any atom is -0.364 e. The van der Waals surface area contributed by atoms with Gasteiger partial charge in [-0.2, -0.15) is 0 Å². The molecule has 0 unspecified atom stereocenters. The number of carbonyl (C=O) groups is 1. The van der Waals surface area contributed by atoms with Crippen molar-refractivity contribution in [2.24, 2.45) is 5.73 Å². The molecule has 0 spiro atoms. The van der Waals surface area contributed by atoms with Gasteiger partial charge in [-0.15, -0.1) is 0 Å². The fourth-order valence-corrected chi connectivity index (χ4v) is 3.62. The Hall–Kier alpha value is -3.44. The Labute approximate surface area is 165 Å². The number of halogens is 1. The molecule has 28 heavy (non-hydrogen) atoms. The van der Waals surface area contributed by atoms with E-state index in [1.165, 1.54) is 12.3 Å². The molecule has 0 saturated heterocycles. The van der Waals surface area contributed by atoms with Gasteiger partial charge >= 0.3 is 0 Å². The van der Waals surface area contributed by atoms with Crippen LogP contribution in [0.15, 0.2) is 65.6 Å². The van der Waals surface area contributed by atoms with E-state index in [0.717, 1.165) is 22.3 Å². The van der Waals surface area contributed by atoms with E-state index in [-0.39, 0.29) is 16.5 Å². The van der Waals surface area contributed by atoms with Crippen molar-refractivity contribution in [2.45, 2.75) is 6.92 Å². The van der Waals surface area contributed by atoms with Crippen molar-refractivity contribution in [1.82, 2.24) is 9.97 Å². The minimum absolute atomic E-state index is 0.0421. The third-order valence-electron chi connectivity index (χ3n) is 4.66. The molecular formula is C22H16ClN3O2. The summed E-state index contributed by atoms with van der Waals surface area (Å²) in [5.41, 5.74) is 9.79. The van der Waals surface area contributed by atoms with Crippen molar-refractivity contribution in [3.05, 3.63) is 87.3 Å². The van der Waals surface area contributed by atoms with E-state index in [0.29, 0.717) is 16.2 Å². The Morgan fingerprint density at radius 3 is 2.54 bits per heavy atom. The zero-order valence-corrected chi connectivity index (χ0v) is 15.7. The molecule has 4 aromatic rings. The van der Waals surface area contributed by atoms with Crippen LogP contribution < -0.4 is 11.2 Å². The van der Waals surface area contributed by atoms with Crippen LogP contribution in [-0.2, 0) is 0 Å². The van der Waals surface area contributed by atoms with Crippen molar-refractivity contribution >= 4 is 28.4 Å². The lowest BCUT2D eigenvalue weighted by molar-refractivity contribution is 0.0997. The SMILES string of the molecule is Cc1cc(-c2ccccc2)c(Cl)cc1-c1cc(=O)c2c(C(N)=O)nccc2[nH]1. The molecule has 0 fully saturated rings. The molecule has 0 bridgehead atoms. The molecule has 2 heterocycles. The summed E-state index contributed by atoms with van der Waals surface area (Å²) in [6, 6.07) is 16.8.